The minimum absolute atomic E-state index is 0.0111. The lowest BCUT2D eigenvalue weighted by Gasteiger charge is -2.08. The first kappa shape index (κ1) is 15.3. The molecule has 6 nitrogen and oxygen atoms in total. The van der Waals surface area contributed by atoms with Crippen molar-refractivity contribution in [2.24, 2.45) is 5.14 Å². The molecule has 0 amide bonds. The Hall–Kier alpha value is -1.77. The number of allylic oxidation sites excluding steroid dienone is 1. The fraction of sp³-hybridized carbons (Fsp3) is 0. The Kier molecular flexibility index (Phi) is 4.76. The number of nitrogens with two attached hydrogens (primary N) is 1. The number of rotatable bonds is 3. The number of halogens is 2. The van der Waals surface area contributed by atoms with Crippen LogP contribution in [-0.2, 0) is 10.0 Å². The van der Waals surface area contributed by atoms with Gasteiger partial charge in [-0.15, -0.1) is 0 Å². The minimum atomic E-state index is -3.92. The van der Waals surface area contributed by atoms with Gasteiger partial charge in [0, 0.05) is 6.20 Å². The zero-order chi connectivity index (χ0) is 14.6. The van der Waals surface area contributed by atoms with Crippen LogP contribution < -0.4 is 10.5 Å². The van der Waals surface area contributed by atoms with Gasteiger partial charge in [0.2, 0.25) is 10.0 Å². The van der Waals surface area contributed by atoms with Crippen LogP contribution >= 0.6 is 23.2 Å². The highest BCUT2D eigenvalue weighted by molar-refractivity contribution is 7.89. The smallest absolute Gasteiger partial charge is 0.238 e. The Morgan fingerprint density at radius 2 is 1.74 bits per heavy atom. The highest BCUT2D eigenvalue weighted by atomic mass is 35.5. The van der Waals surface area contributed by atoms with Crippen molar-refractivity contribution in [1.29, 1.82) is 10.5 Å². The highest BCUT2D eigenvalue weighted by Crippen LogP contribution is 2.33. The molecular weight excluding hydrogens is 311 g/mol. The van der Waals surface area contributed by atoms with Crippen LogP contribution in [0.15, 0.2) is 28.8 Å². The number of sulfonamides is 1. The normalized spacial score (nSPS) is 10.2. The van der Waals surface area contributed by atoms with E-state index in [1.54, 1.807) is 12.1 Å². The van der Waals surface area contributed by atoms with Gasteiger partial charge in [-0.25, -0.2) is 13.6 Å². The van der Waals surface area contributed by atoms with Crippen LogP contribution in [0.2, 0.25) is 10.0 Å². The Labute approximate surface area is 119 Å². The van der Waals surface area contributed by atoms with Gasteiger partial charge in [-0.1, -0.05) is 23.2 Å². The van der Waals surface area contributed by atoms with Crippen molar-refractivity contribution < 1.29 is 8.42 Å². The molecule has 0 atom stereocenters. The summed E-state index contributed by atoms with van der Waals surface area (Å²) in [7, 11) is -3.92. The Bertz CT molecular complexity index is 690. The molecule has 9 heteroatoms. The monoisotopic (exact) mass is 316 g/mol. The molecule has 0 fully saturated rings. The number of nitrogens with one attached hydrogen (secondary N) is 1. The first-order valence-corrected chi connectivity index (χ1v) is 6.88. The van der Waals surface area contributed by atoms with Crippen molar-refractivity contribution >= 4 is 38.9 Å². The number of nitrogens with zero attached hydrogens (tertiary/aromatic N) is 2. The highest BCUT2D eigenvalue weighted by Gasteiger charge is 2.14. The molecule has 19 heavy (non-hydrogen) atoms. The number of anilines is 1. The van der Waals surface area contributed by atoms with Gasteiger partial charge in [0.25, 0.3) is 0 Å². The summed E-state index contributed by atoms with van der Waals surface area (Å²) in [6.07, 6.45) is 1.10. The molecule has 98 valence electrons. The standard InChI is InChI=1S/C10H6Cl2N4O2S/c11-8-1-7(19(15,17)18)2-9(12)10(8)16-5-6(3-13)4-14/h1-2,5,16H,(H2,15,17,18). The fourth-order valence-electron chi connectivity index (χ4n) is 1.09. The van der Waals surface area contributed by atoms with E-state index in [0.717, 1.165) is 18.3 Å². The molecule has 1 rings (SSSR count). The molecule has 0 heterocycles. The SMILES string of the molecule is N#CC(C#N)=CNc1c(Cl)cc(S(N)(=O)=O)cc1Cl. The van der Waals surface area contributed by atoms with E-state index in [-0.39, 0.29) is 26.2 Å². The maximum atomic E-state index is 11.1. The Morgan fingerprint density at radius 3 is 2.11 bits per heavy atom. The van der Waals surface area contributed by atoms with E-state index in [2.05, 4.69) is 5.32 Å². The molecule has 0 saturated heterocycles. The van der Waals surface area contributed by atoms with Crippen molar-refractivity contribution in [1.82, 2.24) is 0 Å². The van der Waals surface area contributed by atoms with Gasteiger partial charge < -0.3 is 5.32 Å². The lowest BCUT2D eigenvalue weighted by atomic mass is 10.3. The fourth-order valence-corrected chi connectivity index (χ4v) is 2.38. The Balaban J connectivity index is 3.24. The number of benzene rings is 1. The molecule has 0 bridgehead atoms. The van der Waals surface area contributed by atoms with Crippen LogP contribution in [0.1, 0.15) is 0 Å². The van der Waals surface area contributed by atoms with Crippen molar-refractivity contribution in [3.8, 4) is 12.1 Å². The predicted octanol–water partition coefficient (Wildman–Crippen LogP) is 1.98. The zero-order valence-corrected chi connectivity index (χ0v) is 11.5. The van der Waals surface area contributed by atoms with Gasteiger partial charge in [0.05, 0.1) is 20.6 Å². The maximum absolute atomic E-state index is 11.1. The molecule has 0 aromatic heterocycles. The van der Waals surface area contributed by atoms with Crippen molar-refractivity contribution in [2.45, 2.75) is 4.90 Å². The molecule has 1 aromatic carbocycles. The van der Waals surface area contributed by atoms with Gasteiger partial charge >= 0.3 is 0 Å². The molecule has 0 aliphatic heterocycles. The lowest BCUT2D eigenvalue weighted by Crippen LogP contribution is -2.12. The van der Waals surface area contributed by atoms with E-state index >= 15 is 0 Å². The Morgan fingerprint density at radius 1 is 1.26 bits per heavy atom. The molecule has 0 aliphatic rings. The second kappa shape index (κ2) is 5.91. The van der Waals surface area contributed by atoms with E-state index in [9.17, 15) is 8.42 Å². The number of hydrogen-bond donors (Lipinski definition) is 2. The van der Waals surface area contributed by atoms with Gasteiger partial charge in [-0.2, -0.15) is 10.5 Å². The molecule has 0 radical (unpaired) electrons. The first-order chi connectivity index (χ1) is 8.79. The minimum Gasteiger partial charge on any atom is -0.357 e. The second-order valence-electron chi connectivity index (χ2n) is 3.23. The van der Waals surface area contributed by atoms with Gasteiger partial charge in [0.15, 0.2) is 0 Å². The summed E-state index contributed by atoms with van der Waals surface area (Å²) in [6.45, 7) is 0. The summed E-state index contributed by atoms with van der Waals surface area (Å²) in [6, 6.07) is 5.48. The molecule has 0 saturated carbocycles. The largest absolute Gasteiger partial charge is 0.357 e. The first-order valence-electron chi connectivity index (χ1n) is 4.58. The number of hydrogen-bond acceptors (Lipinski definition) is 5. The van der Waals surface area contributed by atoms with Gasteiger partial charge in [-0.05, 0) is 12.1 Å². The topological polar surface area (TPSA) is 120 Å². The lowest BCUT2D eigenvalue weighted by molar-refractivity contribution is 0.598. The van der Waals surface area contributed by atoms with Crippen LogP contribution in [-0.4, -0.2) is 8.42 Å². The van der Waals surface area contributed by atoms with E-state index in [4.69, 9.17) is 38.9 Å². The van der Waals surface area contributed by atoms with Gasteiger partial charge in [0.1, 0.15) is 17.7 Å². The summed E-state index contributed by atoms with van der Waals surface area (Å²) >= 11 is 11.7. The zero-order valence-electron chi connectivity index (χ0n) is 9.18. The van der Waals surface area contributed by atoms with E-state index < -0.39 is 10.0 Å². The third-order valence-electron chi connectivity index (χ3n) is 1.95. The molecule has 0 unspecified atom stereocenters. The average molecular weight is 317 g/mol. The number of primary sulfonamides is 1. The molecule has 0 spiro atoms. The third-order valence-corrected chi connectivity index (χ3v) is 3.43. The third kappa shape index (κ3) is 3.85. The molecule has 3 N–H and O–H groups in total. The van der Waals surface area contributed by atoms with Crippen LogP contribution in [0.5, 0.6) is 0 Å². The average Bonchev–Trinajstić information content (AvgIpc) is 2.31. The second-order valence-corrected chi connectivity index (χ2v) is 5.61. The number of nitriles is 2. The molecule has 1 aromatic rings. The van der Waals surface area contributed by atoms with Crippen molar-refractivity contribution in [3.63, 3.8) is 0 Å². The van der Waals surface area contributed by atoms with Crippen LogP contribution in [0.3, 0.4) is 0 Å². The van der Waals surface area contributed by atoms with Crippen LogP contribution in [0, 0.1) is 22.7 Å². The molecule has 0 aliphatic carbocycles. The van der Waals surface area contributed by atoms with E-state index in [1.807, 2.05) is 0 Å². The van der Waals surface area contributed by atoms with Crippen molar-refractivity contribution in [2.75, 3.05) is 5.32 Å². The summed E-state index contributed by atoms with van der Waals surface area (Å²) < 4.78 is 22.3. The summed E-state index contributed by atoms with van der Waals surface area (Å²) in [5.41, 5.74) is -0.0265. The van der Waals surface area contributed by atoms with Crippen LogP contribution in [0.4, 0.5) is 5.69 Å². The van der Waals surface area contributed by atoms with Crippen LogP contribution in [0.25, 0.3) is 0 Å². The predicted molar refractivity (Wildman–Crippen MR) is 70.8 cm³/mol. The van der Waals surface area contributed by atoms with E-state index in [0.29, 0.717) is 0 Å². The van der Waals surface area contributed by atoms with E-state index in [1.165, 1.54) is 0 Å². The summed E-state index contributed by atoms with van der Waals surface area (Å²) in [5, 5.41) is 24.6. The van der Waals surface area contributed by atoms with Crippen molar-refractivity contribution in [3.05, 3.63) is 34.0 Å². The summed E-state index contributed by atoms with van der Waals surface area (Å²) in [4.78, 5) is -0.238. The van der Waals surface area contributed by atoms with Gasteiger partial charge in [-0.3, -0.25) is 0 Å². The summed E-state index contributed by atoms with van der Waals surface area (Å²) in [5.74, 6) is 0. The maximum Gasteiger partial charge on any atom is 0.238 e. The molecular formula is C10H6Cl2N4O2S. The quantitative estimate of drug-likeness (QED) is 0.826.